The number of hydrogen-bond acceptors (Lipinski definition) is 3. The van der Waals surface area contributed by atoms with Gasteiger partial charge in [-0.05, 0) is 26.8 Å². The monoisotopic (exact) mass is 264 g/mol. The van der Waals surface area contributed by atoms with Gasteiger partial charge in [-0.25, -0.2) is 0 Å². The number of carbonyl (C=O) groups is 1. The highest BCUT2D eigenvalue weighted by Crippen LogP contribution is 2.18. The molecule has 0 aromatic heterocycles. The summed E-state index contributed by atoms with van der Waals surface area (Å²) in [4.78, 5) is 13.1. The van der Waals surface area contributed by atoms with E-state index in [0.29, 0.717) is 0 Å². The molecule has 106 valence electrons. The van der Waals surface area contributed by atoms with Crippen molar-refractivity contribution in [3.8, 4) is 5.75 Å². The van der Waals surface area contributed by atoms with Gasteiger partial charge in [0.05, 0.1) is 0 Å². The van der Waals surface area contributed by atoms with Crippen LogP contribution in [0.5, 0.6) is 5.75 Å². The fraction of sp³-hybridized carbons (Fsp3) is 0.533. The average Bonchev–Trinajstić information content (AvgIpc) is 2.33. The summed E-state index contributed by atoms with van der Waals surface area (Å²) in [6, 6.07) is 7.78. The molecule has 0 heterocycles. The minimum Gasteiger partial charge on any atom is -0.483 e. The van der Waals surface area contributed by atoms with Gasteiger partial charge in [-0.15, -0.1) is 0 Å². The number of hydrogen-bond donors (Lipinski definition) is 1. The highest BCUT2D eigenvalue weighted by atomic mass is 16.5. The molecule has 0 aliphatic heterocycles. The van der Waals surface area contributed by atoms with Crippen LogP contribution >= 0.6 is 0 Å². The predicted octanol–water partition coefficient (Wildman–Crippen LogP) is 2.04. The maximum absolute atomic E-state index is 11.5. The van der Waals surface area contributed by atoms with Crippen LogP contribution in [0.25, 0.3) is 0 Å². The first-order valence-electron chi connectivity index (χ1n) is 6.45. The van der Waals surface area contributed by atoms with Crippen molar-refractivity contribution >= 4 is 5.91 Å². The zero-order chi connectivity index (χ0) is 14.5. The summed E-state index contributed by atoms with van der Waals surface area (Å²) in [7, 11) is 3.44. The SMILES string of the molecule is CN(C)C(=O)COc1ccccc1CNC(C)(C)C. The molecule has 0 fully saturated rings. The summed E-state index contributed by atoms with van der Waals surface area (Å²) in [5.41, 5.74) is 1.11. The molecule has 0 aliphatic rings. The molecule has 0 radical (unpaired) electrons. The van der Waals surface area contributed by atoms with Crippen molar-refractivity contribution in [3.05, 3.63) is 29.8 Å². The number of benzene rings is 1. The van der Waals surface area contributed by atoms with E-state index in [-0.39, 0.29) is 18.1 Å². The van der Waals surface area contributed by atoms with Crippen LogP contribution in [0, 0.1) is 0 Å². The van der Waals surface area contributed by atoms with Crippen molar-refractivity contribution in [2.45, 2.75) is 32.9 Å². The first-order valence-corrected chi connectivity index (χ1v) is 6.45. The Morgan fingerprint density at radius 1 is 1.26 bits per heavy atom. The van der Waals surface area contributed by atoms with Gasteiger partial charge in [0.25, 0.3) is 5.91 Å². The van der Waals surface area contributed by atoms with E-state index in [9.17, 15) is 4.79 Å². The van der Waals surface area contributed by atoms with Gasteiger partial charge >= 0.3 is 0 Å². The van der Waals surface area contributed by atoms with Gasteiger partial charge in [-0.1, -0.05) is 18.2 Å². The van der Waals surface area contributed by atoms with E-state index in [4.69, 9.17) is 4.74 Å². The van der Waals surface area contributed by atoms with E-state index in [2.05, 4.69) is 26.1 Å². The summed E-state index contributed by atoms with van der Waals surface area (Å²) in [6.45, 7) is 7.14. The third kappa shape index (κ3) is 5.75. The molecule has 1 aromatic rings. The summed E-state index contributed by atoms with van der Waals surface area (Å²) >= 11 is 0. The van der Waals surface area contributed by atoms with Crippen LogP contribution in [0.2, 0.25) is 0 Å². The molecule has 0 saturated heterocycles. The van der Waals surface area contributed by atoms with Gasteiger partial charge in [0, 0.05) is 31.7 Å². The first kappa shape index (κ1) is 15.5. The van der Waals surface area contributed by atoms with Crippen molar-refractivity contribution < 1.29 is 9.53 Å². The lowest BCUT2D eigenvalue weighted by Crippen LogP contribution is -2.35. The fourth-order valence-electron chi connectivity index (χ4n) is 1.42. The minimum absolute atomic E-state index is 0.0430. The molecule has 1 aromatic carbocycles. The van der Waals surface area contributed by atoms with E-state index in [1.165, 1.54) is 4.90 Å². The van der Waals surface area contributed by atoms with Gasteiger partial charge in [0.2, 0.25) is 0 Å². The Bertz CT molecular complexity index is 422. The molecule has 1 N–H and O–H groups in total. The van der Waals surface area contributed by atoms with Crippen LogP contribution < -0.4 is 10.1 Å². The molecule has 19 heavy (non-hydrogen) atoms. The molecule has 1 amide bonds. The molecule has 4 nitrogen and oxygen atoms in total. The maximum atomic E-state index is 11.5. The number of para-hydroxylation sites is 1. The number of amides is 1. The number of nitrogens with zero attached hydrogens (tertiary/aromatic N) is 1. The number of nitrogens with one attached hydrogen (secondary N) is 1. The average molecular weight is 264 g/mol. The quantitative estimate of drug-likeness (QED) is 0.885. The third-order valence-corrected chi connectivity index (χ3v) is 2.63. The molecule has 0 bridgehead atoms. The zero-order valence-corrected chi connectivity index (χ0v) is 12.5. The van der Waals surface area contributed by atoms with Crippen LogP contribution in [-0.2, 0) is 11.3 Å². The lowest BCUT2D eigenvalue weighted by Gasteiger charge is -2.21. The molecule has 0 saturated carbocycles. The summed E-state index contributed by atoms with van der Waals surface area (Å²) < 4.78 is 5.59. The Hall–Kier alpha value is -1.55. The number of carbonyl (C=O) groups excluding carboxylic acids is 1. The van der Waals surface area contributed by atoms with Crippen molar-refractivity contribution in [1.82, 2.24) is 10.2 Å². The van der Waals surface area contributed by atoms with Crippen molar-refractivity contribution in [1.29, 1.82) is 0 Å². The molecular formula is C15H24N2O2. The largest absolute Gasteiger partial charge is 0.483 e. The van der Waals surface area contributed by atoms with Crippen molar-refractivity contribution in [2.24, 2.45) is 0 Å². The van der Waals surface area contributed by atoms with Gasteiger partial charge in [0.1, 0.15) is 5.75 Å². The molecular weight excluding hydrogens is 240 g/mol. The molecule has 0 spiro atoms. The van der Waals surface area contributed by atoms with Crippen LogP contribution in [0.3, 0.4) is 0 Å². The van der Waals surface area contributed by atoms with Crippen LogP contribution in [-0.4, -0.2) is 37.0 Å². The summed E-state index contributed by atoms with van der Waals surface area (Å²) in [5.74, 6) is 0.716. The fourth-order valence-corrected chi connectivity index (χ4v) is 1.42. The normalized spacial score (nSPS) is 11.2. The third-order valence-electron chi connectivity index (χ3n) is 2.63. The topological polar surface area (TPSA) is 41.6 Å². The molecule has 0 atom stereocenters. The highest BCUT2D eigenvalue weighted by Gasteiger charge is 2.12. The maximum Gasteiger partial charge on any atom is 0.259 e. The summed E-state index contributed by atoms with van der Waals surface area (Å²) in [5, 5.41) is 3.41. The second kappa shape index (κ2) is 6.57. The number of ether oxygens (including phenoxy) is 1. The standard InChI is InChI=1S/C15H24N2O2/c1-15(2,3)16-10-12-8-6-7-9-13(12)19-11-14(18)17(4)5/h6-9,16H,10-11H2,1-5H3. The van der Waals surface area contributed by atoms with Gasteiger partial charge in [0.15, 0.2) is 6.61 Å². The van der Waals surface area contributed by atoms with Crippen molar-refractivity contribution in [2.75, 3.05) is 20.7 Å². The van der Waals surface area contributed by atoms with Gasteiger partial charge in [-0.2, -0.15) is 0 Å². The van der Waals surface area contributed by atoms with Gasteiger partial charge < -0.3 is 15.0 Å². The van der Waals surface area contributed by atoms with Crippen LogP contribution in [0.1, 0.15) is 26.3 Å². The number of likely N-dealkylation sites (N-methyl/N-ethyl adjacent to an activating group) is 1. The Morgan fingerprint density at radius 2 is 1.89 bits per heavy atom. The zero-order valence-electron chi connectivity index (χ0n) is 12.5. The van der Waals surface area contributed by atoms with E-state index in [1.807, 2.05) is 24.3 Å². The first-order chi connectivity index (χ1) is 8.79. The molecule has 0 aliphatic carbocycles. The van der Waals surface area contributed by atoms with Gasteiger partial charge in [-0.3, -0.25) is 4.79 Å². The molecule has 4 heteroatoms. The van der Waals surface area contributed by atoms with Crippen LogP contribution in [0.4, 0.5) is 0 Å². The Labute approximate surface area is 115 Å². The van der Waals surface area contributed by atoms with E-state index >= 15 is 0 Å². The van der Waals surface area contributed by atoms with E-state index < -0.39 is 0 Å². The Balaban J connectivity index is 2.65. The Kier molecular flexibility index (Phi) is 5.36. The van der Waals surface area contributed by atoms with E-state index in [0.717, 1.165) is 17.9 Å². The second-order valence-electron chi connectivity index (χ2n) is 5.79. The highest BCUT2D eigenvalue weighted by molar-refractivity contribution is 5.77. The minimum atomic E-state index is -0.0430. The molecule has 1 rings (SSSR count). The predicted molar refractivity (Wildman–Crippen MR) is 77.2 cm³/mol. The lowest BCUT2D eigenvalue weighted by atomic mass is 10.1. The van der Waals surface area contributed by atoms with Crippen LogP contribution in [0.15, 0.2) is 24.3 Å². The molecule has 0 unspecified atom stereocenters. The lowest BCUT2D eigenvalue weighted by molar-refractivity contribution is -0.130. The second-order valence-corrected chi connectivity index (χ2v) is 5.79. The van der Waals surface area contributed by atoms with Crippen molar-refractivity contribution in [3.63, 3.8) is 0 Å². The van der Waals surface area contributed by atoms with E-state index in [1.54, 1.807) is 14.1 Å². The summed E-state index contributed by atoms with van der Waals surface area (Å²) in [6.07, 6.45) is 0. The smallest absolute Gasteiger partial charge is 0.259 e. The number of rotatable bonds is 5. The Morgan fingerprint density at radius 3 is 2.47 bits per heavy atom.